The average molecular weight is 427 g/mol. The first kappa shape index (κ1) is 18.8. The van der Waals surface area contributed by atoms with Crippen LogP contribution in [0.5, 0.6) is 0 Å². The molecule has 0 radical (unpaired) electrons. The molecule has 0 bridgehead atoms. The fraction of sp³-hybridized carbons (Fsp3) is 0. The summed E-state index contributed by atoms with van der Waals surface area (Å²) in [5.41, 5.74) is 14.4. The van der Waals surface area contributed by atoms with Gasteiger partial charge in [0.2, 0.25) is 0 Å². The van der Waals surface area contributed by atoms with E-state index in [0.717, 1.165) is 26.5 Å². The van der Waals surface area contributed by atoms with Crippen molar-refractivity contribution in [3.8, 4) is 0 Å². The molecule has 6 N–H and O–H groups in total. The fourth-order valence-electron chi connectivity index (χ4n) is 3.28. The zero-order valence-electron chi connectivity index (χ0n) is 16.3. The Morgan fingerprint density at radius 3 is 2.29 bits per heavy atom. The van der Waals surface area contributed by atoms with Crippen molar-refractivity contribution in [3.63, 3.8) is 0 Å². The lowest BCUT2D eigenvalue weighted by atomic mass is 10.1. The smallest absolute Gasteiger partial charge is 0.195 e. The first-order valence-electron chi connectivity index (χ1n) is 9.53. The van der Waals surface area contributed by atoms with Gasteiger partial charge < -0.3 is 22.1 Å². The Balaban J connectivity index is 1.50. The minimum atomic E-state index is -0.00151. The van der Waals surface area contributed by atoms with Crippen molar-refractivity contribution in [2.75, 3.05) is 22.1 Å². The molecule has 7 nitrogen and oxygen atoms in total. The number of nitrogen functional groups attached to an aromatic ring is 2. The van der Waals surface area contributed by atoms with Crippen LogP contribution in [0, 0.1) is 0 Å². The molecule has 0 unspecified atom stereocenters. The van der Waals surface area contributed by atoms with Crippen LogP contribution in [-0.2, 0) is 0 Å². The molecule has 2 aromatic carbocycles. The maximum absolute atomic E-state index is 13.1. The van der Waals surface area contributed by atoms with Gasteiger partial charge in [-0.15, -0.1) is 11.3 Å². The van der Waals surface area contributed by atoms with Crippen LogP contribution in [0.15, 0.2) is 77.9 Å². The van der Waals surface area contributed by atoms with E-state index in [2.05, 4.69) is 20.6 Å². The normalized spacial score (nSPS) is 11.0. The highest BCUT2D eigenvalue weighted by molar-refractivity contribution is 7.24. The molecule has 0 aliphatic carbocycles. The van der Waals surface area contributed by atoms with Gasteiger partial charge in [-0.25, -0.2) is 9.97 Å². The van der Waals surface area contributed by atoms with E-state index in [0.29, 0.717) is 28.1 Å². The Kier molecular flexibility index (Phi) is 4.61. The molecule has 0 atom stereocenters. The van der Waals surface area contributed by atoms with Gasteiger partial charge in [-0.3, -0.25) is 4.79 Å². The molecule has 8 heteroatoms. The van der Waals surface area contributed by atoms with Crippen LogP contribution < -0.4 is 27.5 Å². The van der Waals surface area contributed by atoms with E-state index in [1.165, 1.54) is 0 Å². The zero-order chi connectivity index (χ0) is 21.4. The van der Waals surface area contributed by atoms with Crippen LogP contribution in [0.25, 0.3) is 20.2 Å². The second kappa shape index (κ2) is 7.58. The second-order valence-corrected chi connectivity index (χ2v) is 8.14. The number of nitrogens with zero attached hydrogens (tertiary/aromatic N) is 2. The van der Waals surface area contributed by atoms with Gasteiger partial charge in [-0.05, 0) is 60.7 Å². The number of anilines is 6. The predicted molar refractivity (Wildman–Crippen MR) is 129 cm³/mol. The van der Waals surface area contributed by atoms with Crippen molar-refractivity contribution in [3.05, 3.63) is 83.3 Å². The second-order valence-electron chi connectivity index (χ2n) is 7.05. The molecule has 0 fully saturated rings. The van der Waals surface area contributed by atoms with E-state index in [1.54, 1.807) is 41.9 Å². The van der Waals surface area contributed by atoms with E-state index in [4.69, 9.17) is 11.5 Å². The van der Waals surface area contributed by atoms with Gasteiger partial charge >= 0.3 is 0 Å². The highest BCUT2D eigenvalue weighted by atomic mass is 32.1. The van der Waals surface area contributed by atoms with Crippen LogP contribution in [0.2, 0.25) is 0 Å². The highest BCUT2D eigenvalue weighted by Crippen LogP contribution is 2.30. The maximum atomic E-state index is 13.1. The SMILES string of the molecule is Nc1ccc(Nc2ccc3sc4cc(Nc5ccc(N)nc5)ccc4c(=O)c3c2)nc1. The van der Waals surface area contributed by atoms with E-state index in [9.17, 15) is 4.79 Å². The standard InChI is InChI=1S/C23H18N6OS/c24-13-1-8-22(27-11-13)29-14-3-6-19-18(9-14)23(30)17-5-2-15(10-20(17)31-19)28-16-4-7-21(25)26-12-16/h1-12,28H,24H2,(H2,25,26)(H,27,29). The van der Waals surface area contributed by atoms with Gasteiger partial charge in [-0.2, -0.15) is 0 Å². The molecule has 0 aliphatic rings. The number of hydrogen-bond acceptors (Lipinski definition) is 8. The summed E-state index contributed by atoms with van der Waals surface area (Å²) in [4.78, 5) is 21.5. The van der Waals surface area contributed by atoms with Crippen molar-refractivity contribution in [1.29, 1.82) is 0 Å². The number of fused-ring (bicyclic) bond motifs is 2. The lowest BCUT2D eigenvalue weighted by Crippen LogP contribution is -2.02. The number of pyridine rings is 2. The van der Waals surface area contributed by atoms with E-state index < -0.39 is 0 Å². The molecular formula is C23H18N6OS. The van der Waals surface area contributed by atoms with Gasteiger partial charge in [0.15, 0.2) is 5.43 Å². The molecule has 3 aromatic heterocycles. The third-order valence-corrected chi connectivity index (χ3v) is 5.94. The number of aromatic nitrogens is 2. The molecule has 3 heterocycles. The monoisotopic (exact) mass is 426 g/mol. The summed E-state index contributed by atoms with van der Waals surface area (Å²) >= 11 is 1.57. The first-order valence-corrected chi connectivity index (χ1v) is 10.3. The molecule has 152 valence electrons. The Morgan fingerprint density at radius 1 is 0.710 bits per heavy atom. The summed E-state index contributed by atoms with van der Waals surface area (Å²) in [6.07, 6.45) is 3.26. The van der Waals surface area contributed by atoms with Crippen LogP contribution in [0.4, 0.5) is 34.4 Å². The first-order chi connectivity index (χ1) is 15.0. The Morgan fingerprint density at radius 2 is 1.52 bits per heavy atom. The van der Waals surface area contributed by atoms with Gasteiger partial charge in [0.1, 0.15) is 11.6 Å². The van der Waals surface area contributed by atoms with Crippen molar-refractivity contribution in [2.45, 2.75) is 0 Å². The van der Waals surface area contributed by atoms with Gasteiger partial charge in [0.25, 0.3) is 0 Å². The molecular weight excluding hydrogens is 408 g/mol. The lowest BCUT2D eigenvalue weighted by molar-refractivity contribution is 1.31. The van der Waals surface area contributed by atoms with Gasteiger partial charge in [-0.1, -0.05) is 0 Å². The number of hydrogen-bond donors (Lipinski definition) is 4. The van der Waals surface area contributed by atoms with Crippen LogP contribution >= 0.6 is 11.3 Å². The summed E-state index contributed by atoms with van der Waals surface area (Å²) in [5.74, 6) is 1.13. The molecule has 0 saturated heterocycles. The topological polar surface area (TPSA) is 119 Å². The largest absolute Gasteiger partial charge is 0.397 e. The minimum absolute atomic E-state index is 0.00151. The van der Waals surface area contributed by atoms with E-state index in [1.807, 2.05) is 42.5 Å². The number of benzene rings is 2. The van der Waals surface area contributed by atoms with Gasteiger partial charge in [0, 0.05) is 31.5 Å². The molecule has 0 saturated carbocycles. The Bertz CT molecular complexity index is 1460. The summed E-state index contributed by atoms with van der Waals surface area (Å²) in [7, 11) is 0. The van der Waals surface area contributed by atoms with Crippen molar-refractivity contribution in [1.82, 2.24) is 9.97 Å². The van der Waals surface area contributed by atoms with E-state index in [-0.39, 0.29) is 5.43 Å². The zero-order valence-corrected chi connectivity index (χ0v) is 17.1. The third-order valence-electron chi connectivity index (χ3n) is 4.80. The number of rotatable bonds is 4. The van der Waals surface area contributed by atoms with Crippen LogP contribution in [0.1, 0.15) is 0 Å². The summed E-state index contributed by atoms with van der Waals surface area (Å²) in [5, 5.41) is 7.85. The lowest BCUT2D eigenvalue weighted by Gasteiger charge is -2.09. The third kappa shape index (κ3) is 3.84. The number of nitrogens with one attached hydrogen (secondary N) is 2. The fourth-order valence-corrected chi connectivity index (χ4v) is 4.37. The summed E-state index contributed by atoms with van der Waals surface area (Å²) < 4.78 is 1.83. The molecule has 5 rings (SSSR count). The maximum Gasteiger partial charge on any atom is 0.195 e. The van der Waals surface area contributed by atoms with Crippen molar-refractivity contribution in [2.24, 2.45) is 0 Å². The van der Waals surface area contributed by atoms with Crippen molar-refractivity contribution >= 4 is 65.9 Å². The molecule has 0 amide bonds. The predicted octanol–water partition coefficient (Wildman–Crippen LogP) is 4.86. The Labute approximate surface area is 181 Å². The summed E-state index contributed by atoms with van der Waals surface area (Å²) in [6.45, 7) is 0. The quantitative estimate of drug-likeness (QED) is 0.303. The average Bonchev–Trinajstić information content (AvgIpc) is 2.77. The Hall–Kier alpha value is -4.17. The van der Waals surface area contributed by atoms with Crippen molar-refractivity contribution < 1.29 is 0 Å². The summed E-state index contributed by atoms with van der Waals surface area (Å²) in [6, 6.07) is 18.6. The van der Waals surface area contributed by atoms with Crippen LogP contribution in [0.3, 0.4) is 0 Å². The van der Waals surface area contributed by atoms with Crippen LogP contribution in [-0.4, -0.2) is 9.97 Å². The molecule has 0 aliphatic heterocycles. The molecule has 31 heavy (non-hydrogen) atoms. The van der Waals surface area contributed by atoms with Gasteiger partial charge in [0.05, 0.1) is 23.8 Å². The molecule has 0 spiro atoms. The minimum Gasteiger partial charge on any atom is -0.397 e. The molecule has 5 aromatic rings. The number of nitrogens with two attached hydrogens (primary N) is 2. The van der Waals surface area contributed by atoms with E-state index >= 15 is 0 Å². The highest BCUT2D eigenvalue weighted by Gasteiger charge is 2.09.